The van der Waals surface area contributed by atoms with E-state index in [9.17, 15) is 4.79 Å². The molecule has 0 aliphatic heterocycles. The SMILES string of the molecule is CCOC(=O)COc1ccc(Br)cc1C=Nn1cncn1. The first kappa shape index (κ1) is 15.2. The van der Waals surface area contributed by atoms with Crippen molar-refractivity contribution in [2.45, 2.75) is 6.92 Å². The van der Waals surface area contributed by atoms with E-state index in [0.717, 1.165) is 4.47 Å². The quantitative estimate of drug-likeness (QED) is 0.585. The van der Waals surface area contributed by atoms with Crippen LogP contribution in [0.5, 0.6) is 5.75 Å². The van der Waals surface area contributed by atoms with Gasteiger partial charge in [-0.05, 0) is 25.1 Å². The highest BCUT2D eigenvalue weighted by Crippen LogP contribution is 2.21. The molecule has 21 heavy (non-hydrogen) atoms. The summed E-state index contributed by atoms with van der Waals surface area (Å²) in [6.45, 7) is 1.91. The molecule has 0 aliphatic carbocycles. The molecule has 0 saturated heterocycles. The van der Waals surface area contributed by atoms with Gasteiger partial charge in [-0.25, -0.2) is 9.78 Å². The number of rotatable bonds is 6. The normalized spacial score (nSPS) is 10.8. The molecule has 1 aromatic carbocycles. The zero-order valence-electron chi connectivity index (χ0n) is 11.3. The molecule has 0 N–H and O–H groups in total. The highest BCUT2D eigenvalue weighted by Gasteiger charge is 2.07. The van der Waals surface area contributed by atoms with Gasteiger partial charge in [0.15, 0.2) is 6.61 Å². The molecule has 0 amide bonds. The van der Waals surface area contributed by atoms with Gasteiger partial charge >= 0.3 is 5.97 Å². The minimum atomic E-state index is -0.417. The molecule has 0 bridgehead atoms. The molecule has 1 heterocycles. The fourth-order valence-electron chi connectivity index (χ4n) is 1.47. The molecule has 110 valence electrons. The van der Waals surface area contributed by atoms with Crippen LogP contribution in [0.4, 0.5) is 0 Å². The maximum atomic E-state index is 11.3. The van der Waals surface area contributed by atoms with Crippen molar-refractivity contribution in [2.75, 3.05) is 13.2 Å². The maximum Gasteiger partial charge on any atom is 0.344 e. The molecular weight excluding hydrogens is 340 g/mol. The van der Waals surface area contributed by atoms with Crippen LogP contribution in [-0.2, 0) is 9.53 Å². The van der Waals surface area contributed by atoms with Gasteiger partial charge in [0.2, 0.25) is 0 Å². The van der Waals surface area contributed by atoms with Crippen LogP contribution >= 0.6 is 15.9 Å². The first-order valence-electron chi connectivity index (χ1n) is 6.16. The number of esters is 1. The Labute approximate surface area is 129 Å². The number of benzene rings is 1. The highest BCUT2D eigenvalue weighted by atomic mass is 79.9. The summed E-state index contributed by atoms with van der Waals surface area (Å²) in [4.78, 5) is 16.4. The molecule has 0 radical (unpaired) electrons. The Kier molecular flexibility index (Phi) is 5.44. The predicted octanol–water partition coefficient (Wildman–Crippen LogP) is 1.86. The molecule has 0 unspecified atom stereocenters. The van der Waals surface area contributed by atoms with Crippen molar-refractivity contribution < 1.29 is 14.3 Å². The minimum Gasteiger partial charge on any atom is -0.481 e. The lowest BCUT2D eigenvalue weighted by Gasteiger charge is -2.08. The molecule has 2 aromatic rings. The van der Waals surface area contributed by atoms with E-state index in [4.69, 9.17) is 9.47 Å². The van der Waals surface area contributed by atoms with Gasteiger partial charge in [-0.3, -0.25) is 0 Å². The average molecular weight is 353 g/mol. The van der Waals surface area contributed by atoms with Crippen molar-refractivity contribution in [3.05, 3.63) is 40.9 Å². The van der Waals surface area contributed by atoms with Crippen LogP contribution < -0.4 is 4.74 Å². The largest absolute Gasteiger partial charge is 0.481 e. The van der Waals surface area contributed by atoms with E-state index in [-0.39, 0.29) is 6.61 Å². The van der Waals surface area contributed by atoms with Crippen LogP contribution in [0.25, 0.3) is 0 Å². The fourth-order valence-corrected chi connectivity index (χ4v) is 1.85. The number of carbonyl (C=O) groups excluding carboxylic acids is 1. The van der Waals surface area contributed by atoms with Gasteiger partial charge in [-0.15, -0.1) is 9.89 Å². The first-order valence-corrected chi connectivity index (χ1v) is 6.95. The Hall–Kier alpha value is -2.22. The predicted molar refractivity (Wildman–Crippen MR) is 79.3 cm³/mol. The van der Waals surface area contributed by atoms with Crippen molar-refractivity contribution in [3.63, 3.8) is 0 Å². The first-order chi connectivity index (χ1) is 10.2. The number of nitrogens with zero attached hydrogens (tertiary/aromatic N) is 4. The summed E-state index contributed by atoms with van der Waals surface area (Å²) < 4.78 is 11.1. The van der Waals surface area contributed by atoms with Crippen molar-refractivity contribution in [1.29, 1.82) is 0 Å². The summed E-state index contributed by atoms with van der Waals surface area (Å²) >= 11 is 3.38. The standard InChI is InChI=1S/C13H13BrN4O3/c1-2-20-13(19)7-21-12-4-3-11(14)5-10(12)6-16-18-9-15-8-17-18/h3-6,8-9H,2,7H2,1H3. The van der Waals surface area contributed by atoms with Crippen LogP contribution in [-0.4, -0.2) is 40.3 Å². The minimum absolute atomic E-state index is 0.153. The summed E-state index contributed by atoms with van der Waals surface area (Å²) in [6.07, 6.45) is 4.42. The van der Waals surface area contributed by atoms with Crippen LogP contribution in [0, 0.1) is 0 Å². The second-order valence-electron chi connectivity index (χ2n) is 3.84. The Bertz CT molecular complexity index is 628. The van der Waals surface area contributed by atoms with Gasteiger partial charge in [0, 0.05) is 10.0 Å². The number of halogens is 1. The zero-order valence-corrected chi connectivity index (χ0v) is 12.9. The van der Waals surface area contributed by atoms with Crippen LogP contribution in [0.3, 0.4) is 0 Å². The molecular formula is C13H13BrN4O3. The van der Waals surface area contributed by atoms with E-state index < -0.39 is 5.97 Å². The number of aromatic nitrogens is 3. The molecule has 0 spiro atoms. The molecule has 0 atom stereocenters. The monoisotopic (exact) mass is 352 g/mol. The van der Waals surface area contributed by atoms with Crippen LogP contribution in [0.2, 0.25) is 0 Å². The molecule has 7 nitrogen and oxygen atoms in total. The van der Waals surface area contributed by atoms with Crippen molar-refractivity contribution in [1.82, 2.24) is 14.9 Å². The second-order valence-corrected chi connectivity index (χ2v) is 4.75. The van der Waals surface area contributed by atoms with E-state index in [2.05, 4.69) is 31.1 Å². The van der Waals surface area contributed by atoms with Crippen molar-refractivity contribution in [2.24, 2.45) is 5.10 Å². The Morgan fingerprint density at radius 3 is 3.10 bits per heavy atom. The van der Waals surface area contributed by atoms with Crippen molar-refractivity contribution >= 4 is 28.1 Å². The lowest BCUT2D eigenvalue weighted by Crippen LogP contribution is -2.15. The molecule has 1 aromatic heterocycles. The highest BCUT2D eigenvalue weighted by molar-refractivity contribution is 9.10. The lowest BCUT2D eigenvalue weighted by molar-refractivity contribution is -0.145. The van der Waals surface area contributed by atoms with E-state index in [1.54, 1.807) is 19.2 Å². The van der Waals surface area contributed by atoms with E-state index >= 15 is 0 Å². The van der Waals surface area contributed by atoms with Gasteiger partial charge in [-0.2, -0.15) is 5.10 Å². The number of ether oxygens (including phenoxy) is 2. The van der Waals surface area contributed by atoms with E-state index in [0.29, 0.717) is 17.9 Å². The summed E-state index contributed by atoms with van der Waals surface area (Å²) in [6, 6.07) is 5.38. The topological polar surface area (TPSA) is 78.6 Å². The summed E-state index contributed by atoms with van der Waals surface area (Å²) in [5.41, 5.74) is 0.698. The lowest BCUT2D eigenvalue weighted by atomic mass is 10.2. The van der Waals surface area contributed by atoms with Gasteiger partial charge in [0.25, 0.3) is 0 Å². The Morgan fingerprint density at radius 2 is 2.38 bits per heavy atom. The van der Waals surface area contributed by atoms with E-state index in [1.807, 2.05) is 12.1 Å². The van der Waals surface area contributed by atoms with Gasteiger partial charge in [0.05, 0.1) is 12.8 Å². The van der Waals surface area contributed by atoms with Gasteiger partial charge in [0.1, 0.15) is 18.4 Å². The zero-order chi connectivity index (χ0) is 15.1. The molecule has 0 fully saturated rings. The molecule has 0 saturated carbocycles. The Balaban J connectivity index is 2.11. The molecule has 2 rings (SSSR count). The van der Waals surface area contributed by atoms with Gasteiger partial charge < -0.3 is 9.47 Å². The summed E-state index contributed by atoms with van der Waals surface area (Å²) in [7, 11) is 0. The fraction of sp³-hybridized carbons (Fsp3) is 0.231. The molecule has 0 aliphatic rings. The Morgan fingerprint density at radius 1 is 1.52 bits per heavy atom. The van der Waals surface area contributed by atoms with Crippen molar-refractivity contribution in [3.8, 4) is 5.75 Å². The van der Waals surface area contributed by atoms with Crippen LogP contribution in [0.15, 0.2) is 40.4 Å². The number of hydrogen-bond donors (Lipinski definition) is 0. The smallest absolute Gasteiger partial charge is 0.344 e. The maximum absolute atomic E-state index is 11.3. The number of carbonyl (C=O) groups is 1. The number of hydrogen-bond acceptors (Lipinski definition) is 6. The molecule has 8 heteroatoms. The van der Waals surface area contributed by atoms with Gasteiger partial charge in [-0.1, -0.05) is 15.9 Å². The van der Waals surface area contributed by atoms with Crippen LogP contribution in [0.1, 0.15) is 12.5 Å². The third-order valence-electron chi connectivity index (χ3n) is 2.34. The summed E-state index contributed by atoms with van der Waals surface area (Å²) in [5.74, 6) is 0.106. The third-order valence-corrected chi connectivity index (χ3v) is 2.84. The summed E-state index contributed by atoms with van der Waals surface area (Å²) in [5, 5.41) is 7.97. The third kappa shape index (κ3) is 4.67. The average Bonchev–Trinajstić information content (AvgIpc) is 2.97. The van der Waals surface area contributed by atoms with E-state index in [1.165, 1.54) is 17.4 Å². The second kappa shape index (κ2) is 7.53.